The lowest BCUT2D eigenvalue weighted by molar-refractivity contribution is -0.169. The van der Waals surface area contributed by atoms with Crippen molar-refractivity contribution in [3.8, 4) is 5.75 Å². The lowest BCUT2D eigenvalue weighted by Gasteiger charge is -2.53. The standard InChI is InChI=1S/C26H28BrN3O11/c1-7-8-4-5-10(29-25(40)9(27)6-11(31)32)18(33)13(8)19(34)14-12(7)20(35)16-17(30(2)3)21(36)15(24(28)39)23(38)26(16,41)22(14)37/h4-5,7,9,12,16-17,20,33-35,38,41H,6H2,1-3H3,(H2,28,39)(H,29,40)(H,31,32)/t7?,9-,12?,16?,17?,20?,26?/m0/s1. The Hall–Kier alpha value is -3.79. The fourth-order valence-corrected chi connectivity index (χ4v) is 6.57. The number of phenols is 1. The van der Waals surface area contributed by atoms with E-state index in [1.807, 2.05) is 0 Å². The van der Waals surface area contributed by atoms with Gasteiger partial charge >= 0.3 is 5.97 Å². The van der Waals surface area contributed by atoms with Crippen molar-refractivity contribution in [3.05, 3.63) is 40.2 Å². The minimum absolute atomic E-state index is 0.239. The van der Waals surface area contributed by atoms with Gasteiger partial charge in [-0.2, -0.15) is 0 Å². The van der Waals surface area contributed by atoms with E-state index in [1.54, 1.807) is 6.92 Å². The molecule has 15 heteroatoms. The molecule has 0 aliphatic heterocycles. The predicted molar refractivity (Wildman–Crippen MR) is 144 cm³/mol. The number of carboxylic acids is 1. The van der Waals surface area contributed by atoms with E-state index in [-0.39, 0.29) is 16.8 Å². The van der Waals surface area contributed by atoms with Crippen molar-refractivity contribution < 1.29 is 54.6 Å². The summed E-state index contributed by atoms with van der Waals surface area (Å²) in [5.41, 5.74) is 0.323. The zero-order valence-corrected chi connectivity index (χ0v) is 23.5. The Morgan fingerprint density at radius 1 is 1.17 bits per heavy atom. The third-order valence-electron chi connectivity index (χ3n) is 8.03. The molecule has 14 nitrogen and oxygen atoms in total. The lowest BCUT2D eigenvalue weighted by atomic mass is 9.54. The summed E-state index contributed by atoms with van der Waals surface area (Å²) in [4.78, 5) is 62.8. The van der Waals surface area contributed by atoms with Gasteiger partial charge in [-0.15, -0.1) is 0 Å². The summed E-state index contributed by atoms with van der Waals surface area (Å²) in [6.45, 7) is 1.57. The van der Waals surface area contributed by atoms with Crippen LogP contribution in [-0.2, 0) is 24.0 Å². The van der Waals surface area contributed by atoms with Crippen LogP contribution in [0.5, 0.6) is 5.75 Å². The first-order chi connectivity index (χ1) is 19.0. The highest BCUT2D eigenvalue weighted by atomic mass is 79.9. The number of carbonyl (C=O) groups is 5. The number of amides is 2. The molecular weight excluding hydrogens is 610 g/mol. The van der Waals surface area contributed by atoms with Crippen LogP contribution in [0.25, 0.3) is 5.76 Å². The van der Waals surface area contributed by atoms with E-state index >= 15 is 0 Å². The molecule has 0 radical (unpaired) electrons. The topological polar surface area (TPSA) is 248 Å². The molecule has 3 aliphatic rings. The molecule has 1 fully saturated rings. The largest absolute Gasteiger partial charge is 0.508 e. The van der Waals surface area contributed by atoms with Gasteiger partial charge in [0.05, 0.1) is 35.7 Å². The number of hydrogen-bond donors (Lipinski definition) is 8. The Balaban J connectivity index is 1.91. The van der Waals surface area contributed by atoms with Crippen LogP contribution in [-0.4, -0.2) is 102 Å². The van der Waals surface area contributed by atoms with Gasteiger partial charge in [-0.3, -0.25) is 28.9 Å². The van der Waals surface area contributed by atoms with Gasteiger partial charge < -0.3 is 41.7 Å². The number of alkyl halides is 1. The number of anilines is 1. The molecule has 4 rings (SSSR count). The van der Waals surface area contributed by atoms with Crippen molar-refractivity contribution in [1.82, 2.24) is 4.90 Å². The maximum Gasteiger partial charge on any atom is 0.305 e. The number of ketones is 2. The summed E-state index contributed by atoms with van der Waals surface area (Å²) in [7, 11) is 2.82. The smallest absolute Gasteiger partial charge is 0.305 e. The summed E-state index contributed by atoms with van der Waals surface area (Å²) < 4.78 is 0. The number of phenolic OH excluding ortho intramolecular Hbond substituents is 1. The molecule has 0 saturated heterocycles. The molecular formula is C26H28BrN3O11. The van der Waals surface area contributed by atoms with Crippen molar-refractivity contribution in [2.45, 2.75) is 41.8 Å². The number of aliphatic hydroxyl groups is 4. The Labute approximate surface area is 240 Å². The number of halogens is 1. The van der Waals surface area contributed by atoms with E-state index in [1.165, 1.54) is 31.1 Å². The Bertz CT molecular complexity index is 1470. The first kappa shape index (κ1) is 30.2. The summed E-state index contributed by atoms with van der Waals surface area (Å²) in [5, 5.41) is 67.8. The average Bonchev–Trinajstić information content (AvgIpc) is 2.86. The first-order valence-corrected chi connectivity index (χ1v) is 13.2. The molecule has 41 heavy (non-hydrogen) atoms. The van der Waals surface area contributed by atoms with E-state index in [0.717, 1.165) is 0 Å². The zero-order chi connectivity index (χ0) is 30.9. The van der Waals surface area contributed by atoms with Gasteiger partial charge in [0.15, 0.2) is 11.4 Å². The van der Waals surface area contributed by atoms with Gasteiger partial charge in [0.2, 0.25) is 11.7 Å². The molecule has 1 aromatic rings. The number of aliphatic carboxylic acids is 1. The molecule has 0 bridgehead atoms. The number of benzene rings is 1. The number of aromatic hydroxyl groups is 1. The third-order valence-corrected chi connectivity index (χ3v) is 8.77. The monoisotopic (exact) mass is 637 g/mol. The Morgan fingerprint density at radius 3 is 2.32 bits per heavy atom. The van der Waals surface area contributed by atoms with Crippen LogP contribution < -0.4 is 11.1 Å². The van der Waals surface area contributed by atoms with Crippen LogP contribution in [0.1, 0.15) is 30.4 Å². The van der Waals surface area contributed by atoms with Crippen molar-refractivity contribution in [2.24, 2.45) is 17.6 Å². The summed E-state index contributed by atoms with van der Waals surface area (Å²) in [6, 6.07) is 1.23. The van der Waals surface area contributed by atoms with Crippen LogP contribution in [0.3, 0.4) is 0 Å². The molecule has 0 aromatic heterocycles. The molecule has 2 amide bonds. The van der Waals surface area contributed by atoms with Crippen LogP contribution in [0.4, 0.5) is 5.69 Å². The van der Waals surface area contributed by atoms with Crippen LogP contribution in [0.2, 0.25) is 0 Å². The highest BCUT2D eigenvalue weighted by Gasteiger charge is 2.68. The Kier molecular flexibility index (Phi) is 7.54. The molecule has 0 heterocycles. The quantitative estimate of drug-likeness (QED) is 0.113. The summed E-state index contributed by atoms with van der Waals surface area (Å²) in [5.74, 6) is -12.5. The number of carbonyl (C=O) groups excluding carboxylic acids is 4. The van der Waals surface area contributed by atoms with Gasteiger partial charge in [-0.25, -0.2) is 0 Å². The minimum Gasteiger partial charge on any atom is -0.508 e. The van der Waals surface area contributed by atoms with E-state index in [2.05, 4.69) is 21.2 Å². The zero-order valence-electron chi connectivity index (χ0n) is 22.0. The van der Waals surface area contributed by atoms with E-state index < -0.39 is 105 Å². The SMILES string of the molecule is CC1c2ccc(NC(=O)[C@@H](Br)CC(=O)O)c(O)c2C(O)=C2C(=O)C3(O)C(O)=C(C(N)=O)C(=O)C(N(C)C)C3C(O)C21. The second-order valence-corrected chi connectivity index (χ2v) is 11.6. The van der Waals surface area contributed by atoms with Crippen molar-refractivity contribution in [2.75, 3.05) is 19.4 Å². The number of primary amides is 1. The van der Waals surface area contributed by atoms with Crippen LogP contribution >= 0.6 is 15.9 Å². The first-order valence-electron chi connectivity index (χ1n) is 12.3. The van der Waals surface area contributed by atoms with E-state index in [9.17, 15) is 49.5 Å². The van der Waals surface area contributed by atoms with Crippen molar-refractivity contribution >= 4 is 56.7 Å². The number of likely N-dealkylation sites (N-methyl/N-ethyl adjacent to an activating group) is 1. The van der Waals surface area contributed by atoms with Crippen molar-refractivity contribution in [1.29, 1.82) is 0 Å². The summed E-state index contributed by atoms with van der Waals surface area (Å²) >= 11 is 2.94. The number of carboxylic acid groups (broad SMARTS) is 1. The number of nitrogens with zero attached hydrogens (tertiary/aromatic N) is 1. The number of rotatable bonds is 6. The molecule has 0 spiro atoms. The normalized spacial score (nSPS) is 30.0. The lowest BCUT2D eigenvalue weighted by Crippen LogP contribution is -2.70. The van der Waals surface area contributed by atoms with Gasteiger partial charge in [0.25, 0.3) is 5.91 Å². The number of hydrogen-bond acceptors (Lipinski definition) is 11. The molecule has 9 N–H and O–H groups in total. The number of nitrogens with one attached hydrogen (secondary N) is 1. The maximum atomic E-state index is 14.0. The molecule has 7 atom stereocenters. The van der Waals surface area contributed by atoms with Gasteiger partial charge in [0, 0.05) is 11.5 Å². The molecule has 3 aliphatic carbocycles. The van der Waals surface area contributed by atoms with Gasteiger partial charge in [-0.1, -0.05) is 28.9 Å². The number of Topliss-reactive ketones (excluding diaryl/α,β-unsaturated/α-hetero) is 2. The van der Waals surface area contributed by atoms with Gasteiger partial charge in [-0.05, 0) is 31.6 Å². The minimum atomic E-state index is -3.05. The third kappa shape index (κ3) is 4.31. The number of fused-ring (bicyclic) bond motifs is 3. The second kappa shape index (κ2) is 10.2. The summed E-state index contributed by atoms with van der Waals surface area (Å²) in [6.07, 6.45) is -2.31. The predicted octanol–water partition coefficient (Wildman–Crippen LogP) is -0.327. The molecule has 1 saturated carbocycles. The number of aliphatic hydroxyl groups excluding tert-OH is 3. The number of nitrogens with two attached hydrogens (primary N) is 1. The average molecular weight is 638 g/mol. The van der Waals surface area contributed by atoms with Gasteiger partial charge in [0.1, 0.15) is 27.7 Å². The van der Waals surface area contributed by atoms with Crippen LogP contribution in [0, 0.1) is 11.8 Å². The molecule has 6 unspecified atom stereocenters. The van der Waals surface area contributed by atoms with E-state index in [4.69, 9.17) is 10.8 Å². The second-order valence-electron chi connectivity index (χ2n) is 10.5. The Morgan fingerprint density at radius 2 is 1.78 bits per heavy atom. The van der Waals surface area contributed by atoms with E-state index in [0.29, 0.717) is 0 Å². The molecule has 220 valence electrons. The van der Waals surface area contributed by atoms with Crippen LogP contribution in [0.15, 0.2) is 29.0 Å². The van der Waals surface area contributed by atoms with Crippen molar-refractivity contribution in [3.63, 3.8) is 0 Å². The highest BCUT2D eigenvalue weighted by molar-refractivity contribution is 9.10. The highest BCUT2D eigenvalue weighted by Crippen LogP contribution is 2.56. The fraction of sp³-hybridized carbons (Fsp3) is 0.423. The fourth-order valence-electron chi connectivity index (χ4n) is 6.17. The maximum absolute atomic E-state index is 14.0. The molecule has 1 aromatic carbocycles.